The fraction of sp³-hybridized carbons (Fsp3) is 0.381. The molecule has 2 fully saturated rings. The zero-order valence-corrected chi connectivity index (χ0v) is 16.4. The predicted molar refractivity (Wildman–Crippen MR) is 109 cm³/mol. The van der Waals surface area contributed by atoms with Gasteiger partial charge in [-0.15, -0.1) is 5.10 Å². The van der Waals surface area contributed by atoms with Gasteiger partial charge in [-0.3, -0.25) is 10.2 Å². The zero-order chi connectivity index (χ0) is 21.1. The van der Waals surface area contributed by atoms with Crippen molar-refractivity contribution in [1.82, 2.24) is 19.5 Å². The first kappa shape index (κ1) is 20.2. The molecule has 0 unspecified atom stereocenters. The van der Waals surface area contributed by atoms with Gasteiger partial charge < -0.3 is 5.11 Å². The maximum absolute atomic E-state index is 13.3. The van der Waals surface area contributed by atoms with Gasteiger partial charge in [0.05, 0.1) is 12.2 Å². The number of hydrogen-bond donors (Lipinski definition) is 2. The topological polar surface area (TPSA) is 82.8 Å². The van der Waals surface area contributed by atoms with Crippen molar-refractivity contribution >= 4 is 17.7 Å². The molecule has 1 saturated carbocycles. The van der Waals surface area contributed by atoms with Crippen molar-refractivity contribution in [3.05, 3.63) is 48.0 Å². The van der Waals surface area contributed by atoms with Crippen LogP contribution >= 0.6 is 0 Å². The van der Waals surface area contributed by atoms with Crippen LogP contribution < -0.4 is 5.32 Å². The van der Waals surface area contributed by atoms with Gasteiger partial charge in [0.2, 0.25) is 0 Å². The zero-order valence-electron chi connectivity index (χ0n) is 16.4. The third-order valence-electron chi connectivity index (χ3n) is 4.84. The molecule has 2 aromatic heterocycles. The lowest BCUT2D eigenvalue weighted by Gasteiger charge is -2.15. The number of amides is 1. The molecule has 0 bridgehead atoms. The number of fused-ring (bicyclic) bond motifs is 1. The first-order chi connectivity index (χ1) is 14.4. The average molecular weight is 415 g/mol. The molecule has 0 radical (unpaired) electrons. The molecule has 9 heteroatoms. The van der Waals surface area contributed by atoms with E-state index in [9.17, 15) is 13.6 Å². The minimum absolute atomic E-state index is 0.00142. The molecule has 1 aromatic carbocycles. The largest absolute Gasteiger partial charge is 0.465 e. The summed E-state index contributed by atoms with van der Waals surface area (Å²) in [5.41, 5.74) is 3.08. The molecule has 30 heavy (non-hydrogen) atoms. The van der Waals surface area contributed by atoms with Crippen LogP contribution in [0.25, 0.3) is 16.9 Å². The highest BCUT2D eigenvalue weighted by Gasteiger charge is 2.37. The van der Waals surface area contributed by atoms with Crippen molar-refractivity contribution < 1.29 is 18.7 Å². The van der Waals surface area contributed by atoms with E-state index in [1.54, 1.807) is 15.5 Å². The fourth-order valence-electron chi connectivity index (χ4n) is 3.25. The summed E-state index contributed by atoms with van der Waals surface area (Å²) in [6.07, 6.45) is 3.18. The molecule has 0 atom stereocenters. The Morgan fingerprint density at radius 1 is 1.13 bits per heavy atom. The quantitative estimate of drug-likeness (QED) is 0.656. The van der Waals surface area contributed by atoms with Gasteiger partial charge in [0.1, 0.15) is 0 Å². The second-order valence-corrected chi connectivity index (χ2v) is 7.62. The van der Waals surface area contributed by atoms with Gasteiger partial charge in [-0.1, -0.05) is 49.6 Å². The van der Waals surface area contributed by atoms with Gasteiger partial charge >= 0.3 is 6.09 Å². The number of likely N-dealkylation sites (tertiary alicyclic amines) is 1. The van der Waals surface area contributed by atoms with Gasteiger partial charge in [0.25, 0.3) is 11.9 Å². The van der Waals surface area contributed by atoms with E-state index in [2.05, 4.69) is 15.4 Å². The van der Waals surface area contributed by atoms with Gasteiger partial charge in [-0.25, -0.2) is 18.1 Å². The van der Waals surface area contributed by atoms with Crippen LogP contribution in [0.15, 0.2) is 42.5 Å². The summed E-state index contributed by atoms with van der Waals surface area (Å²) in [4.78, 5) is 16.6. The molecule has 3 heterocycles. The van der Waals surface area contributed by atoms with E-state index in [1.807, 2.05) is 36.4 Å². The Balaban J connectivity index is 0.000000667. The van der Waals surface area contributed by atoms with Crippen molar-refractivity contribution in [3.63, 3.8) is 0 Å². The van der Waals surface area contributed by atoms with Crippen LogP contribution in [0.3, 0.4) is 0 Å². The lowest BCUT2D eigenvalue weighted by atomic mass is 10.1. The maximum atomic E-state index is 13.3. The van der Waals surface area contributed by atoms with Crippen LogP contribution in [0.5, 0.6) is 0 Å². The number of pyridine rings is 1. The summed E-state index contributed by atoms with van der Waals surface area (Å²) in [5, 5.41) is 15.1. The van der Waals surface area contributed by atoms with Gasteiger partial charge in [0, 0.05) is 25.1 Å². The van der Waals surface area contributed by atoms with Crippen molar-refractivity contribution in [3.8, 4) is 11.3 Å². The Morgan fingerprint density at radius 2 is 1.87 bits per heavy atom. The van der Waals surface area contributed by atoms with E-state index in [4.69, 9.17) is 5.11 Å². The van der Waals surface area contributed by atoms with Crippen molar-refractivity contribution in [1.29, 1.82) is 0 Å². The van der Waals surface area contributed by atoms with E-state index in [0.29, 0.717) is 18.7 Å². The number of aromatic nitrogens is 3. The molecule has 2 aliphatic rings. The van der Waals surface area contributed by atoms with E-state index in [1.165, 1.54) is 19.3 Å². The summed E-state index contributed by atoms with van der Waals surface area (Å²) >= 11 is 0. The number of nitrogens with one attached hydrogen (secondary N) is 1. The van der Waals surface area contributed by atoms with Crippen molar-refractivity contribution in [2.75, 3.05) is 18.4 Å². The van der Waals surface area contributed by atoms with E-state index >= 15 is 0 Å². The number of hydrogen-bond acceptors (Lipinski definition) is 4. The lowest BCUT2D eigenvalue weighted by molar-refractivity contribution is 0.0115. The number of nitrogens with zero attached hydrogens (tertiary/aromatic N) is 4. The second kappa shape index (κ2) is 8.35. The Bertz CT molecular complexity index is 1030. The van der Waals surface area contributed by atoms with E-state index in [0.717, 1.165) is 16.8 Å². The lowest BCUT2D eigenvalue weighted by Crippen LogP contribution is -2.24. The molecule has 3 aromatic rings. The van der Waals surface area contributed by atoms with Crippen LogP contribution in [-0.2, 0) is 6.54 Å². The number of anilines is 1. The first-order valence-corrected chi connectivity index (χ1v) is 9.95. The van der Waals surface area contributed by atoms with Gasteiger partial charge in [-0.05, 0) is 17.7 Å². The SMILES string of the molecule is C1CC1.O=C(O)Nc1nc2cccc(-c3ccc(CN4CCC(F)(F)C4)cc3)n2n1. The number of benzene rings is 1. The number of carboxylic acid groups (broad SMARTS) is 1. The summed E-state index contributed by atoms with van der Waals surface area (Å²) in [7, 11) is 0. The minimum atomic E-state index is -2.59. The monoisotopic (exact) mass is 415 g/mol. The number of rotatable bonds is 4. The molecule has 1 aliphatic carbocycles. The van der Waals surface area contributed by atoms with Crippen LogP contribution in [0.4, 0.5) is 19.5 Å². The maximum Gasteiger partial charge on any atom is 0.411 e. The Morgan fingerprint density at radius 3 is 2.47 bits per heavy atom. The third-order valence-corrected chi connectivity index (χ3v) is 4.84. The molecule has 1 aliphatic heterocycles. The first-order valence-electron chi connectivity index (χ1n) is 9.95. The van der Waals surface area contributed by atoms with E-state index in [-0.39, 0.29) is 18.9 Å². The van der Waals surface area contributed by atoms with Crippen LogP contribution in [0.1, 0.15) is 31.2 Å². The molecule has 2 N–H and O–H groups in total. The molecule has 7 nitrogen and oxygen atoms in total. The smallest absolute Gasteiger partial charge is 0.411 e. The summed E-state index contributed by atoms with van der Waals surface area (Å²) in [6, 6.07) is 13.0. The van der Waals surface area contributed by atoms with Gasteiger partial charge in [0.15, 0.2) is 5.65 Å². The molecular weight excluding hydrogens is 392 g/mol. The second-order valence-electron chi connectivity index (χ2n) is 7.62. The van der Waals surface area contributed by atoms with Crippen molar-refractivity contribution in [2.24, 2.45) is 0 Å². The van der Waals surface area contributed by atoms with Gasteiger partial charge in [-0.2, -0.15) is 4.98 Å². The number of alkyl halides is 2. The highest BCUT2D eigenvalue weighted by molar-refractivity contribution is 5.80. The Labute approximate surface area is 172 Å². The molecular formula is C21H23F2N5O2. The van der Waals surface area contributed by atoms with Crippen LogP contribution in [-0.4, -0.2) is 49.7 Å². The standard InChI is InChI=1S/C18H17F2N5O2.C3H6/c19-18(20)8-9-24(11-18)10-12-4-6-13(7-5-12)14-2-1-3-15-21-16(22-17(26)27)23-25(14)15;1-2-3-1/h1-7H,8-11H2,(H,22,23)(H,26,27);1-3H2. The fourth-order valence-corrected chi connectivity index (χ4v) is 3.25. The normalized spacial score (nSPS) is 17.4. The molecule has 5 rings (SSSR count). The predicted octanol–water partition coefficient (Wildman–Crippen LogP) is 4.50. The molecule has 1 amide bonds. The van der Waals surface area contributed by atoms with E-state index < -0.39 is 12.0 Å². The molecule has 158 valence electrons. The summed E-state index contributed by atoms with van der Waals surface area (Å²) in [6.45, 7) is 0.675. The Kier molecular flexibility index (Phi) is 5.63. The van der Waals surface area contributed by atoms with Crippen molar-refractivity contribution in [2.45, 2.75) is 38.2 Å². The summed E-state index contributed by atoms with van der Waals surface area (Å²) in [5.74, 6) is -2.59. The minimum Gasteiger partial charge on any atom is -0.465 e. The number of carbonyl (C=O) groups is 1. The molecule has 1 saturated heterocycles. The highest BCUT2D eigenvalue weighted by Crippen LogP contribution is 2.28. The average Bonchev–Trinajstić information content (AvgIpc) is 3.46. The molecule has 0 spiro atoms. The highest BCUT2D eigenvalue weighted by atomic mass is 19.3. The Hall–Kier alpha value is -3.07. The van der Waals surface area contributed by atoms with Crippen LogP contribution in [0.2, 0.25) is 0 Å². The third kappa shape index (κ3) is 5.10. The number of halogens is 2. The summed E-state index contributed by atoms with van der Waals surface area (Å²) < 4.78 is 28.2. The van der Waals surface area contributed by atoms with Crippen LogP contribution in [0, 0.1) is 0 Å².